The SMILES string of the molecule is CC(Nc1ccn(C)n1)c1sccc1Br. The summed E-state index contributed by atoms with van der Waals surface area (Å²) in [4.78, 5) is 1.29. The van der Waals surface area contributed by atoms with Crippen LogP contribution in [0.2, 0.25) is 0 Å². The van der Waals surface area contributed by atoms with Gasteiger partial charge in [-0.05, 0) is 34.3 Å². The Kier molecular flexibility index (Phi) is 3.11. The molecular formula is C10H12BrN3S. The van der Waals surface area contributed by atoms with Crippen LogP contribution in [0.25, 0.3) is 0 Å². The molecule has 1 atom stereocenters. The Hall–Kier alpha value is -0.810. The number of hydrogen-bond donors (Lipinski definition) is 1. The van der Waals surface area contributed by atoms with E-state index in [-0.39, 0.29) is 6.04 Å². The molecule has 3 nitrogen and oxygen atoms in total. The normalized spacial score (nSPS) is 12.7. The predicted octanol–water partition coefficient (Wildman–Crippen LogP) is 3.42. The van der Waals surface area contributed by atoms with Crippen molar-refractivity contribution >= 4 is 33.1 Å². The summed E-state index contributed by atoms with van der Waals surface area (Å²) < 4.78 is 2.95. The first-order valence-corrected chi connectivity index (χ1v) is 6.33. The fourth-order valence-electron chi connectivity index (χ4n) is 1.39. The number of aryl methyl sites for hydroxylation is 1. The van der Waals surface area contributed by atoms with Gasteiger partial charge in [0, 0.05) is 28.7 Å². The second kappa shape index (κ2) is 4.37. The van der Waals surface area contributed by atoms with Crippen LogP contribution in [0.3, 0.4) is 0 Å². The van der Waals surface area contributed by atoms with Gasteiger partial charge in [0.1, 0.15) is 5.82 Å². The number of halogens is 1. The molecule has 2 aromatic rings. The lowest BCUT2D eigenvalue weighted by Gasteiger charge is -2.11. The van der Waals surface area contributed by atoms with Gasteiger partial charge < -0.3 is 5.32 Å². The standard InChI is InChI=1S/C10H12BrN3S/c1-7(10-8(11)4-6-15-10)12-9-3-5-14(2)13-9/h3-7H,1-2H3,(H,12,13). The van der Waals surface area contributed by atoms with Gasteiger partial charge in [-0.15, -0.1) is 11.3 Å². The molecule has 2 aromatic heterocycles. The van der Waals surface area contributed by atoms with Gasteiger partial charge in [-0.3, -0.25) is 4.68 Å². The fraction of sp³-hybridized carbons (Fsp3) is 0.300. The first-order valence-electron chi connectivity index (χ1n) is 4.66. The zero-order chi connectivity index (χ0) is 10.8. The van der Waals surface area contributed by atoms with Crippen molar-refractivity contribution in [2.24, 2.45) is 7.05 Å². The monoisotopic (exact) mass is 285 g/mol. The molecule has 0 aliphatic rings. The number of hydrogen-bond acceptors (Lipinski definition) is 3. The molecule has 1 unspecified atom stereocenters. The van der Waals surface area contributed by atoms with Crippen molar-refractivity contribution in [1.82, 2.24) is 9.78 Å². The minimum Gasteiger partial charge on any atom is -0.361 e. The second-order valence-electron chi connectivity index (χ2n) is 3.37. The van der Waals surface area contributed by atoms with Crippen LogP contribution in [-0.2, 0) is 7.05 Å². The minimum absolute atomic E-state index is 0.272. The fourth-order valence-corrected chi connectivity index (χ4v) is 3.12. The maximum absolute atomic E-state index is 4.29. The molecule has 0 radical (unpaired) electrons. The van der Waals surface area contributed by atoms with Gasteiger partial charge in [-0.25, -0.2) is 0 Å². The number of anilines is 1. The van der Waals surface area contributed by atoms with Crippen LogP contribution in [0.1, 0.15) is 17.8 Å². The molecule has 0 spiro atoms. The molecular weight excluding hydrogens is 274 g/mol. The van der Waals surface area contributed by atoms with E-state index >= 15 is 0 Å². The third-order valence-corrected chi connectivity index (χ3v) is 4.17. The molecule has 0 amide bonds. The van der Waals surface area contributed by atoms with Crippen LogP contribution in [0, 0.1) is 0 Å². The Morgan fingerprint density at radius 2 is 2.33 bits per heavy atom. The van der Waals surface area contributed by atoms with Gasteiger partial charge in [-0.1, -0.05) is 0 Å². The molecule has 0 aliphatic heterocycles. The molecule has 0 fully saturated rings. The van der Waals surface area contributed by atoms with Crippen LogP contribution < -0.4 is 5.32 Å². The van der Waals surface area contributed by atoms with Crippen molar-refractivity contribution in [2.75, 3.05) is 5.32 Å². The predicted molar refractivity (Wildman–Crippen MR) is 67.3 cm³/mol. The summed E-state index contributed by atoms with van der Waals surface area (Å²) in [7, 11) is 1.91. The van der Waals surface area contributed by atoms with E-state index in [1.54, 1.807) is 16.0 Å². The summed E-state index contributed by atoms with van der Waals surface area (Å²) in [6.45, 7) is 2.13. The van der Waals surface area contributed by atoms with Gasteiger partial charge in [0.15, 0.2) is 0 Å². The average molecular weight is 286 g/mol. The summed E-state index contributed by atoms with van der Waals surface area (Å²) in [6.07, 6.45) is 1.93. The molecule has 2 rings (SSSR count). The Balaban J connectivity index is 2.10. The van der Waals surface area contributed by atoms with E-state index in [0.717, 1.165) is 10.3 Å². The molecule has 1 N–H and O–H groups in total. The summed E-state index contributed by atoms with van der Waals surface area (Å²) >= 11 is 5.27. The van der Waals surface area contributed by atoms with Gasteiger partial charge in [0.25, 0.3) is 0 Å². The number of rotatable bonds is 3. The number of thiophene rings is 1. The summed E-state index contributed by atoms with van der Waals surface area (Å²) in [5, 5.41) is 9.72. The molecule has 0 saturated carbocycles. The van der Waals surface area contributed by atoms with Crippen LogP contribution in [0.15, 0.2) is 28.2 Å². The van der Waals surface area contributed by atoms with Crippen molar-refractivity contribution < 1.29 is 0 Å². The summed E-state index contributed by atoms with van der Waals surface area (Å²) in [6, 6.07) is 4.31. The van der Waals surface area contributed by atoms with Crippen molar-refractivity contribution in [1.29, 1.82) is 0 Å². The van der Waals surface area contributed by atoms with Crippen molar-refractivity contribution in [3.05, 3.63) is 33.1 Å². The molecule has 0 bridgehead atoms. The van der Waals surface area contributed by atoms with E-state index in [9.17, 15) is 0 Å². The minimum atomic E-state index is 0.272. The molecule has 2 heterocycles. The number of nitrogens with one attached hydrogen (secondary N) is 1. The van der Waals surface area contributed by atoms with Crippen molar-refractivity contribution in [3.8, 4) is 0 Å². The molecule has 0 aliphatic carbocycles. The van der Waals surface area contributed by atoms with Crippen molar-refractivity contribution in [3.63, 3.8) is 0 Å². The molecule has 0 saturated heterocycles. The maximum Gasteiger partial charge on any atom is 0.148 e. The molecule has 80 valence electrons. The van der Waals surface area contributed by atoms with E-state index in [1.165, 1.54) is 4.88 Å². The Morgan fingerprint density at radius 1 is 1.53 bits per heavy atom. The molecule has 5 heteroatoms. The van der Waals surface area contributed by atoms with Crippen LogP contribution in [0.4, 0.5) is 5.82 Å². The van der Waals surface area contributed by atoms with Crippen LogP contribution in [0.5, 0.6) is 0 Å². The first-order chi connectivity index (χ1) is 7.16. The molecule has 0 aromatic carbocycles. The van der Waals surface area contributed by atoms with E-state index in [0.29, 0.717) is 0 Å². The van der Waals surface area contributed by atoms with Gasteiger partial charge in [0.05, 0.1) is 6.04 Å². The molecule has 15 heavy (non-hydrogen) atoms. The highest BCUT2D eigenvalue weighted by atomic mass is 79.9. The second-order valence-corrected chi connectivity index (χ2v) is 5.18. The highest BCUT2D eigenvalue weighted by molar-refractivity contribution is 9.10. The van der Waals surface area contributed by atoms with Gasteiger partial charge in [-0.2, -0.15) is 5.10 Å². The topological polar surface area (TPSA) is 29.9 Å². The van der Waals surface area contributed by atoms with E-state index in [1.807, 2.05) is 19.3 Å². The van der Waals surface area contributed by atoms with Crippen molar-refractivity contribution in [2.45, 2.75) is 13.0 Å². The summed E-state index contributed by atoms with van der Waals surface area (Å²) in [5.41, 5.74) is 0. The first kappa shape index (κ1) is 10.7. The lowest BCUT2D eigenvalue weighted by Crippen LogP contribution is -2.06. The lowest BCUT2D eigenvalue weighted by molar-refractivity contribution is 0.761. The number of nitrogens with zero attached hydrogens (tertiary/aromatic N) is 2. The van der Waals surface area contributed by atoms with E-state index in [2.05, 4.69) is 44.7 Å². The van der Waals surface area contributed by atoms with Gasteiger partial charge >= 0.3 is 0 Å². The quantitative estimate of drug-likeness (QED) is 0.937. The maximum atomic E-state index is 4.29. The highest BCUT2D eigenvalue weighted by Gasteiger charge is 2.11. The largest absolute Gasteiger partial charge is 0.361 e. The Bertz CT molecular complexity index is 449. The smallest absolute Gasteiger partial charge is 0.148 e. The third kappa shape index (κ3) is 2.41. The Morgan fingerprint density at radius 3 is 2.87 bits per heavy atom. The summed E-state index contributed by atoms with van der Waals surface area (Å²) in [5.74, 6) is 0.908. The van der Waals surface area contributed by atoms with Gasteiger partial charge in [0.2, 0.25) is 0 Å². The van der Waals surface area contributed by atoms with Crippen LogP contribution >= 0.6 is 27.3 Å². The van der Waals surface area contributed by atoms with Crippen LogP contribution in [-0.4, -0.2) is 9.78 Å². The zero-order valence-corrected chi connectivity index (χ0v) is 11.0. The van der Waals surface area contributed by atoms with E-state index in [4.69, 9.17) is 0 Å². The Labute approximate surface area is 101 Å². The third-order valence-electron chi connectivity index (χ3n) is 2.12. The average Bonchev–Trinajstić information content (AvgIpc) is 2.75. The highest BCUT2D eigenvalue weighted by Crippen LogP contribution is 2.30. The van der Waals surface area contributed by atoms with E-state index < -0.39 is 0 Å². The zero-order valence-electron chi connectivity index (χ0n) is 8.57. The number of aromatic nitrogens is 2. The lowest BCUT2D eigenvalue weighted by atomic mass is 10.3.